The summed E-state index contributed by atoms with van der Waals surface area (Å²) in [6.07, 6.45) is 3.64. The number of nitrogens with one attached hydrogen (secondary N) is 1. The van der Waals surface area contributed by atoms with Crippen molar-refractivity contribution in [2.24, 2.45) is 17.8 Å². The van der Waals surface area contributed by atoms with Gasteiger partial charge in [0.1, 0.15) is 12.4 Å². The Morgan fingerprint density at radius 3 is 2.81 bits per heavy atom. The van der Waals surface area contributed by atoms with Gasteiger partial charge in [-0.25, -0.2) is 9.98 Å². The summed E-state index contributed by atoms with van der Waals surface area (Å²) < 4.78 is 1.93. The van der Waals surface area contributed by atoms with Gasteiger partial charge in [0, 0.05) is 25.1 Å². The fourth-order valence-corrected chi connectivity index (χ4v) is 1.87. The highest BCUT2D eigenvalue weighted by atomic mass is 127. The van der Waals surface area contributed by atoms with Crippen LogP contribution in [0, 0.1) is 0 Å². The number of guanidine groups is 1. The molecule has 0 saturated heterocycles. The molecular formula is C15H22IN5. The Kier molecular flexibility index (Phi) is 6.67. The molecule has 2 aromatic rings. The van der Waals surface area contributed by atoms with Crippen LogP contribution in [0.15, 0.2) is 41.7 Å². The van der Waals surface area contributed by atoms with Gasteiger partial charge in [-0.15, -0.1) is 24.0 Å². The second-order valence-corrected chi connectivity index (χ2v) is 5.06. The molecule has 5 nitrogen and oxygen atoms in total. The van der Waals surface area contributed by atoms with E-state index in [1.165, 1.54) is 5.56 Å². The second kappa shape index (κ2) is 8.02. The van der Waals surface area contributed by atoms with E-state index in [9.17, 15) is 0 Å². The molecule has 0 aliphatic heterocycles. The molecule has 114 valence electrons. The van der Waals surface area contributed by atoms with Crippen molar-refractivity contribution in [2.45, 2.75) is 26.3 Å². The number of nitrogens with two attached hydrogens (primary N) is 1. The van der Waals surface area contributed by atoms with Crippen molar-refractivity contribution in [3.05, 3.63) is 48.0 Å². The highest BCUT2D eigenvalue weighted by molar-refractivity contribution is 14.0. The first-order valence-electron chi connectivity index (χ1n) is 6.69. The first kappa shape index (κ1) is 17.5. The normalized spacial score (nSPS) is 11.3. The Bertz CT molecular complexity index is 604. The monoisotopic (exact) mass is 399 g/mol. The van der Waals surface area contributed by atoms with Crippen molar-refractivity contribution in [3.8, 4) is 0 Å². The van der Waals surface area contributed by atoms with Gasteiger partial charge in [-0.05, 0) is 23.6 Å². The molecule has 0 spiro atoms. The lowest BCUT2D eigenvalue weighted by Gasteiger charge is -2.10. The fraction of sp³-hybridized carbons (Fsp3) is 0.333. The van der Waals surface area contributed by atoms with Crippen LogP contribution in [0.1, 0.15) is 31.2 Å². The van der Waals surface area contributed by atoms with Gasteiger partial charge in [-0.2, -0.15) is 0 Å². The number of aromatic nitrogens is 2. The first-order chi connectivity index (χ1) is 9.56. The van der Waals surface area contributed by atoms with Crippen LogP contribution in [0.4, 0.5) is 5.69 Å². The highest BCUT2D eigenvalue weighted by Gasteiger charge is 2.02. The summed E-state index contributed by atoms with van der Waals surface area (Å²) in [7, 11) is 1.94. The van der Waals surface area contributed by atoms with Gasteiger partial charge in [0.05, 0.1) is 0 Å². The van der Waals surface area contributed by atoms with Gasteiger partial charge >= 0.3 is 0 Å². The van der Waals surface area contributed by atoms with Gasteiger partial charge in [0.2, 0.25) is 0 Å². The number of nitrogens with zero attached hydrogens (tertiary/aromatic N) is 3. The SMILES string of the molecule is CC(C)c1cccc(NC(N)=NCc2nccn2C)c1.I. The Morgan fingerprint density at radius 1 is 1.43 bits per heavy atom. The standard InChI is InChI=1S/C15H21N5.HI/c1-11(2)12-5-4-6-13(9-12)19-15(16)18-10-14-17-7-8-20(14)3;/h4-9,11H,10H2,1-3H3,(H3,16,18,19);1H. The Morgan fingerprint density at radius 2 is 2.19 bits per heavy atom. The predicted molar refractivity (Wildman–Crippen MR) is 98.1 cm³/mol. The summed E-state index contributed by atoms with van der Waals surface area (Å²) in [5, 5.41) is 3.11. The van der Waals surface area contributed by atoms with Gasteiger partial charge in [0.15, 0.2) is 5.96 Å². The number of imidazole rings is 1. The number of rotatable bonds is 4. The molecule has 1 aromatic heterocycles. The zero-order valence-corrected chi connectivity index (χ0v) is 14.9. The van der Waals surface area contributed by atoms with E-state index in [2.05, 4.69) is 41.3 Å². The van der Waals surface area contributed by atoms with Gasteiger partial charge < -0.3 is 15.6 Å². The molecule has 21 heavy (non-hydrogen) atoms. The van der Waals surface area contributed by atoms with Crippen LogP contribution in [-0.4, -0.2) is 15.5 Å². The zero-order chi connectivity index (χ0) is 14.5. The van der Waals surface area contributed by atoms with E-state index < -0.39 is 0 Å². The second-order valence-electron chi connectivity index (χ2n) is 5.06. The van der Waals surface area contributed by atoms with Crippen molar-refractivity contribution in [1.29, 1.82) is 0 Å². The molecule has 0 aliphatic carbocycles. The van der Waals surface area contributed by atoms with Crippen LogP contribution in [-0.2, 0) is 13.6 Å². The van der Waals surface area contributed by atoms with Crippen LogP contribution in [0.2, 0.25) is 0 Å². The van der Waals surface area contributed by atoms with Crippen molar-refractivity contribution in [3.63, 3.8) is 0 Å². The molecule has 0 fully saturated rings. The molecule has 6 heteroatoms. The minimum atomic E-state index is 0. The van der Waals surface area contributed by atoms with Crippen LogP contribution >= 0.6 is 24.0 Å². The lowest BCUT2D eigenvalue weighted by molar-refractivity contribution is 0.793. The Hall–Kier alpha value is -1.57. The minimum Gasteiger partial charge on any atom is -0.370 e. The number of hydrogen-bond donors (Lipinski definition) is 2. The summed E-state index contributed by atoms with van der Waals surface area (Å²) in [5.74, 6) is 1.77. The number of benzene rings is 1. The van der Waals surface area contributed by atoms with Crippen LogP contribution in [0.25, 0.3) is 0 Å². The average molecular weight is 399 g/mol. The van der Waals surface area contributed by atoms with E-state index in [1.54, 1.807) is 6.20 Å². The summed E-state index contributed by atoms with van der Waals surface area (Å²) >= 11 is 0. The topological polar surface area (TPSA) is 68.2 Å². The van der Waals surface area contributed by atoms with E-state index in [0.717, 1.165) is 11.5 Å². The third-order valence-corrected chi connectivity index (χ3v) is 3.14. The van der Waals surface area contributed by atoms with Crippen molar-refractivity contribution in [1.82, 2.24) is 9.55 Å². The maximum absolute atomic E-state index is 5.90. The molecule has 0 amide bonds. The number of aryl methyl sites for hydroxylation is 1. The Balaban J connectivity index is 0.00000220. The number of anilines is 1. The van der Waals surface area contributed by atoms with Gasteiger partial charge in [-0.1, -0.05) is 26.0 Å². The highest BCUT2D eigenvalue weighted by Crippen LogP contribution is 2.18. The summed E-state index contributed by atoms with van der Waals surface area (Å²) in [4.78, 5) is 8.50. The summed E-state index contributed by atoms with van der Waals surface area (Å²) in [6.45, 7) is 4.79. The van der Waals surface area contributed by atoms with E-state index in [1.807, 2.05) is 29.9 Å². The summed E-state index contributed by atoms with van der Waals surface area (Å²) in [6, 6.07) is 8.20. The van der Waals surface area contributed by atoms with E-state index in [-0.39, 0.29) is 24.0 Å². The molecule has 1 heterocycles. The third kappa shape index (κ3) is 5.04. The minimum absolute atomic E-state index is 0. The largest absolute Gasteiger partial charge is 0.370 e. The van der Waals surface area contributed by atoms with Crippen molar-refractivity contribution >= 4 is 35.6 Å². The fourth-order valence-electron chi connectivity index (χ4n) is 1.87. The zero-order valence-electron chi connectivity index (χ0n) is 12.6. The van der Waals surface area contributed by atoms with E-state index in [4.69, 9.17) is 5.73 Å². The molecule has 2 rings (SSSR count). The molecule has 0 aliphatic rings. The molecule has 0 bridgehead atoms. The number of hydrogen-bond acceptors (Lipinski definition) is 2. The smallest absolute Gasteiger partial charge is 0.193 e. The molecule has 1 aromatic carbocycles. The van der Waals surface area contributed by atoms with Crippen LogP contribution < -0.4 is 11.1 Å². The number of aliphatic imine (C=N–C) groups is 1. The maximum atomic E-state index is 5.90. The number of halogens is 1. The summed E-state index contributed by atoms with van der Waals surface area (Å²) in [5.41, 5.74) is 8.13. The predicted octanol–water partition coefficient (Wildman–Crippen LogP) is 3.09. The average Bonchev–Trinajstić information content (AvgIpc) is 2.82. The van der Waals surface area contributed by atoms with Gasteiger partial charge in [-0.3, -0.25) is 0 Å². The molecule has 0 saturated carbocycles. The van der Waals surface area contributed by atoms with E-state index in [0.29, 0.717) is 18.4 Å². The van der Waals surface area contributed by atoms with E-state index >= 15 is 0 Å². The van der Waals surface area contributed by atoms with Gasteiger partial charge in [0.25, 0.3) is 0 Å². The maximum Gasteiger partial charge on any atom is 0.193 e. The third-order valence-electron chi connectivity index (χ3n) is 3.14. The Labute approximate surface area is 142 Å². The van der Waals surface area contributed by atoms with Crippen LogP contribution in [0.5, 0.6) is 0 Å². The lowest BCUT2D eigenvalue weighted by atomic mass is 10.0. The quantitative estimate of drug-likeness (QED) is 0.472. The van der Waals surface area contributed by atoms with Crippen molar-refractivity contribution in [2.75, 3.05) is 5.32 Å². The lowest BCUT2D eigenvalue weighted by Crippen LogP contribution is -2.22. The van der Waals surface area contributed by atoms with Crippen LogP contribution in [0.3, 0.4) is 0 Å². The molecule has 0 radical (unpaired) electrons. The molecule has 0 atom stereocenters. The van der Waals surface area contributed by atoms with Crippen molar-refractivity contribution < 1.29 is 0 Å². The molecule has 0 unspecified atom stereocenters. The molecular weight excluding hydrogens is 377 g/mol. The molecule has 3 N–H and O–H groups in total. The first-order valence-corrected chi connectivity index (χ1v) is 6.69.